The Morgan fingerprint density at radius 1 is 1.00 bits per heavy atom. The summed E-state index contributed by atoms with van der Waals surface area (Å²) < 4.78 is 5.10. The summed E-state index contributed by atoms with van der Waals surface area (Å²) in [7, 11) is 0. The van der Waals surface area contributed by atoms with Crippen LogP contribution in [-0.2, 0) is 0 Å². The second kappa shape index (κ2) is 6.57. The number of carbonyl (C=O) groups excluding carboxylic acids is 1. The Morgan fingerprint density at radius 2 is 1.83 bits per heavy atom. The zero-order valence-electron chi connectivity index (χ0n) is 12.0. The van der Waals surface area contributed by atoms with Crippen LogP contribution in [0.5, 0.6) is 11.5 Å². The topological polar surface area (TPSA) is 84.3 Å². The van der Waals surface area contributed by atoms with E-state index in [4.69, 9.17) is 4.74 Å². The monoisotopic (exact) mass is 307 g/mol. The number of carbonyl (C=O) groups is 1. The van der Waals surface area contributed by atoms with E-state index in [1.54, 1.807) is 48.5 Å². The van der Waals surface area contributed by atoms with Crippen molar-refractivity contribution in [1.29, 1.82) is 0 Å². The van der Waals surface area contributed by atoms with E-state index in [1.807, 2.05) is 6.07 Å². The summed E-state index contributed by atoms with van der Waals surface area (Å²) in [4.78, 5) is 20.1. The van der Waals surface area contributed by atoms with Gasteiger partial charge in [0.1, 0.15) is 11.5 Å². The van der Waals surface area contributed by atoms with Crippen LogP contribution in [0.1, 0.15) is 0 Å². The van der Waals surface area contributed by atoms with Gasteiger partial charge in [-0.2, -0.15) is 0 Å². The van der Waals surface area contributed by atoms with Crippen LogP contribution in [0.3, 0.4) is 0 Å². The predicted molar refractivity (Wildman–Crippen MR) is 85.2 cm³/mol. The molecule has 2 aromatic carbocycles. The summed E-state index contributed by atoms with van der Waals surface area (Å²) in [5.74, 6) is 0.863. The second-order valence-corrected chi connectivity index (χ2v) is 4.66. The fourth-order valence-electron chi connectivity index (χ4n) is 1.93. The fraction of sp³-hybridized carbons (Fsp3) is 0. The summed E-state index contributed by atoms with van der Waals surface area (Å²) in [6, 6.07) is 15.4. The van der Waals surface area contributed by atoms with Crippen molar-refractivity contribution in [1.82, 2.24) is 9.97 Å². The van der Waals surface area contributed by atoms with Crippen LogP contribution in [-0.4, -0.2) is 21.2 Å². The van der Waals surface area contributed by atoms with E-state index in [0.29, 0.717) is 11.4 Å². The molecule has 1 aromatic heterocycles. The molecule has 3 rings (SSSR count). The number of aromatic hydroxyl groups is 1. The third-order valence-electron chi connectivity index (χ3n) is 2.98. The van der Waals surface area contributed by atoms with E-state index in [-0.39, 0.29) is 11.6 Å². The van der Waals surface area contributed by atoms with Gasteiger partial charge in [0.05, 0.1) is 18.1 Å². The Kier molecular flexibility index (Phi) is 4.15. The van der Waals surface area contributed by atoms with Gasteiger partial charge in [-0.3, -0.25) is 10.3 Å². The molecule has 0 radical (unpaired) electrons. The molecular formula is C17H13N3O3. The molecule has 0 saturated heterocycles. The molecule has 0 spiro atoms. The third kappa shape index (κ3) is 3.82. The average Bonchev–Trinajstić information content (AvgIpc) is 2.56. The molecule has 114 valence electrons. The van der Waals surface area contributed by atoms with E-state index < -0.39 is 6.09 Å². The van der Waals surface area contributed by atoms with Crippen molar-refractivity contribution in [2.45, 2.75) is 0 Å². The number of ether oxygens (including phenoxy) is 1. The van der Waals surface area contributed by atoms with Gasteiger partial charge in [-0.15, -0.1) is 0 Å². The normalized spacial score (nSPS) is 10.1. The molecule has 1 amide bonds. The zero-order valence-corrected chi connectivity index (χ0v) is 12.0. The van der Waals surface area contributed by atoms with Crippen LogP contribution in [0.2, 0.25) is 0 Å². The number of aromatic nitrogens is 2. The Labute approximate surface area is 132 Å². The van der Waals surface area contributed by atoms with Gasteiger partial charge in [0.2, 0.25) is 0 Å². The summed E-state index contributed by atoms with van der Waals surface area (Å²) in [5, 5.41) is 12.0. The Bertz CT molecular complexity index is 805. The zero-order chi connectivity index (χ0) is 16.1. The van der Waals surface area contributed by atoms with Crippen LogP contribution in [0.15, 0.2) is 67.0 Å². The number of hydrogen-bond acceptors (Lipinski definition) is 5. The van der Waals surface area contributed by atoms with E-state index in [0.717, 1.165) is 5.56 Å². The molecule has 0 aliphatic carbocycles. The first-order chi connectivity index (χ1) is 11.2. The minimum atomic E-state index is -0.643. The highest BCUT2D eigenvalue weighted by atomic mass is 16.6. The van der Waals surface area contributed by atoms with Crippen LogP contribution in [0.4, 0.5) is 10.6 Å². The van der Waals surface area contributed by atoms with Crippen molar-refractivity contribution in [3.8, 4) is 22.8 Å². The molecular weight excluding hydrogens is 294 g/mol. The first-order valence-corrected chi connectivity index (χ1v) is 6.86. The highest BCUT2D eigenvalue weighted by Gasteiger charge is 2.07. The maximum absolute atomic E-state index is 11.7. The van der Waals surface area contributed by atoms with E-state index >= 15 is 0 Å². The lowest BCUT2D eigenvalue weighted by molar-refractivity contribution is 0.215. The molecule has 6 heteroatoms. The van der Waals surface area contributed by atoms with Gasteiger partial charge in [-0.25, -0.2) is 9.78 Å². The van der Waals surface area contributed by atoms with Gasteiger partial charge in [0.15, 0.2) is 5.82 Å². The Morgan fingerprint density at radius 3 is 2.52 bits per heavy atom. The second-order valence-electron chi connectivity index (χ2n) is 4.66. The maximum atomic E-state index is 11.7. The molecule has 1 heterocycles. The van der Waals surface area contributed by atoms with Crippen molar-refractivity contribution >= 4 is 11.9 Å². The number of anilines is 1. The quantitative estimate of drug-likeness (QED) is 0.774. The van der Waals surface area contributed by atoms with Crippen LogP contribution >= 0.6 is 0 Å². The molecule has 0 bridgehead atoms. The van der Waals surface area contributed by atoms with Gasteiger partial charge in [0, 0.05) is 5.56 Å². The van der Waals surface area contributed by atoms with Crippen molar-refractivity contribution < 1.29 is 14.6 Å². The average molecular weight is 307 g/mol. The lowest BCUT2D eigenvalue weighted by Gasteiger charge is -2.06. The SMILES string of the molecule is O=C(Nc1cnc(-c2cccc(O)c2)cn1)Oc1ccccc1. The first kappa shape index (κ1) is 14.5. The van der Waals surface area contributed by atoms with Gasteiger partial charge in [-0.1, -0.05) is 30.3 Å². The number of hydrogen-bond donors (Lipinski definition) is 2. The van der Waals surface area contributed by atoms with E-state index in [1.165, 1.54) is 12.4 Å². The predicted octanol–water partition coefficient (Wildman–Crippen LogP) is 3.46. The number of amides is 1. The van der Waals surface area contributed by atoms with Crippen molar-refractivity contribution in [2.75, 3.05) is 5.32 Å². The summed E-state index contributed by atoms with van der Waals surface area (Å²) in [6.07, 6.45) is 2.29. The highest BCUT2D eigenvalue weighted by molar-refractivity contribution is 5.85. The van der Waals surface area contributed by atoms with E-state index in [2.05, 4.69) is 15.3 Å². The Hall–Kier alpha value is -3.41. The molecule has 0 atom stereocenters. The maximum Gasteiger partial charge on any atom is 0.418 e. The number of nitrogens with one attached hydrogen (secondary N) is 1. The van der Waals surface area contributed by atoms with Gasteiger partial charge in [-0.05, 0) is 24.3 Å². The summed E-state index contributed by atoms with van der Waals surface area (Å²) in [5.41, 5.74) is 1.32. The van der Waals surface area contributed by atoms with Gasteiger partial charge >= 0.3 is 6.09 Å². The summed E-state index contributed by atoms with van der Waals surface area (Å²) >= 11 is 0. The number of phenols is 1. The largest absolute Gasteiger partial charge is 0.508 e. The lowest BCUT2D eigenvalue weighted by Crippen LogP contribution is -2.17. The molecule has 0 fully saturated rings. The minimum absolute atomic E-state index is 0.151. The number of benzene rings is 2. The smallest absolute Gasteiger partial charge is 0.418 e. The number of para-hydroxylation sites is 1. The summed E-state index contributed by atoms with van der Waals surface area (Å²) in [6.45, 7) is 0. The van der Waals surface area contributed by atoms with Crippen LogP contribution in [0, 0.1) is 0 Å². The fourth-order valence-corrected chi connectivity index (χ4v) is 1.93. The molecule has 6 nitrogen and oxygen atoms in total. The van der Waals surface area contributed by atoms with Crippen molar-refractivity contribution in [3.05, 3.63) is 67.0 Å². The Balaban J connectivity index is 1.67. The first-order valence-electron chi connectivity index (χ1n) is 6.86. The number of nitrogens with zero attached hydrogens (tertiary/aromatic N) is 2. The highest BCUT2D eigenvalue weighted by Crippen LogP contribution is 2.21. The van der Waals surface area contributed by atoms with Gasteiger partial charge < -0.3 is 9.84 Å². The molecule has 0 aliphatic rings. The number of phenolic OH excluding ortho intramolecular Hbond substituents is 1. The molecule has 0 saturated carbocycles. The molecule has 23 heavy (non-hydrogen) atoms. The molecule has 3 aromatic rings. The van der Waals surface area contributed by atoms with E-state index in [9.17, 15) is 9.90 Å². The van der Waals surface area contributed by atoms with Crippen molar-refractivity contribution in [2.24, 2.45) is 0 Å². The molecule has 2 N–H and O–H groups in total. The minimum Gasteiger partial charge on any atom is -0.508 e. The molecule has 0 aliphatic heterocycles. The lowest BCUT2D eigenvalue weighted by atomic mass is 10.1. The van der Waals surface area contributed by atoms with Crippen LogP contribution < -0.4 is 10.1 Å². The standard InChI is InChI=1S/C17H13N3O3/c21-13-6-4-5-12(9-13)15-10-19-16(11-18-15)20-17(22)23-14-7-2-1-3-8-14/h1-11,21H,(H,19,20,22). The van der Waals surface area contributed by atoms with Crippen LogP contribution in [0.25, 0.3) is 11.3 Å². The van der Waals surface area contributed by atoms with Gasteiger partial charge in [0.25, 0.3) is 0 Å². The number of rotatable bonds is 3. The third-order valence-corrected chi connectivity index (χ3v) is 2.98. The molecule has 0 unspecified atom stereocenters. The van der Waals surface area contributed by atoms with Crippen molar-refractivity contribution in [3.63, 3.8) is 0 Å².